The van der Waals surface area contributed by atoms with Gasteiger partial charge in [0.1, 0.15) is 0 Å². The maximum absolute atomic E-state index is 3.59. The topological polar surface area (TPSA) is 18.5 Å². The monoisotopic (exact) mass is 225 g/mol. The van der Waals surface area contributed by atoms with Crippen molar-refractivity contribution in [1.82, 2.24) is 15.1 Å². The molecule has 2 heterocycles. The van der Waals surface area contributed by atoms with Crippen molar-refractivity contribution in [3.63, 3.8) is 0 Å². The van der Waals surface area contributed by atoms with Gasteiger partial charge in [-0.3, -0.25) is 4.90 Å². The van der Waals surface area contributed by atoms with Crippen molar-refractivity contribution in [3.05, 3.63) is 0 Å². The predicted molar refractivity (Wildman–Crippen MR) is 68.8 cm³/mol. The van der Waals surface area contributed by atoms with E-state index in [1.807, 2.05) is 0 Å². The van der Waals surface area contributed by atoms with E-state index >= 15 is 0 Å². The third kappa shape index (κ3) is 2.76. The van der Waals surface area contributed by atoms with Gasteiger partial charge >= 0.3 is 0 Å². The fourth-order valence-corrected chi connectivity index (χ4v) is 3.36. The molecule has 3 heteroatoms. The minimum Gasteiger partial charge on any atom is -0.315 e. The number of hydrogen-bond acceptors (Lipinski definition) is 3. The molecule has 2 aliphatic heterocycles. The van der Waals surface area contributed by atoms with E-state index in [-0.39, 0.29) is 0 Å². The molecule has 2 aliphatic rings. The van der Waals surface area contributed by atoms with Crippen LogP contribution in [0.4, 0.5) is 0 Å². The molecule has 0 aromatic rings. The van der Waals surface area contributed by atoms with Crippen molar-refractivity contribution in [2.75, 3.05) is 46.8 Å². The number of nitrogens with zero attached hydrogens (tertiary/aromatic N) is 2. The summed E-state index contributed by atoms with van der Waals surface area (Å²) < 4.78 is 0. The van der Waals surface area contributed by atoms with Gasteiger partial charge in [0, 0.05) is 12.1 Å². The van der Waals surface area contributed by atoms with Gasteiger partial charge in [-0.2, -0.15) is 0 Å². The summed E-state index contributed by atoms with van der Waals surface area (Å²) >= 11 is 0. The molecular weight excluding hydrogens is 198 g/mol. The van der Waals surface area contributed by atoms with Crippen LogP contribution in [-0.4, -0.2) is 62.2 Å². The molecule has 1 atom stereocenters. The smallest absolute Gasteiger partial charge is 0.0334 e. The summed E-state index contributed by atoms with van der Waals surface area (Å²) in [5.74, 6) is 0. The minimum atomic E-state index is 0.532. The molecule has 0 aliphatic carbocycles. The quantitative estimate of drug-likeness (QED) is 0.774. The van der Waals surface area contributed by atoms with Gasteiger partial charge in [0.05, 0.1) is 0 Å². The first kappa shape index (κ1) is 12.3. The van der Waals surface area contributed by atoms with Gasteiger partial charge in [-0.25, -0.2) is 0 Å². The molecule has 0 saturated carbocycles. The van der Waals surface area contributed by atoms with Crippen molar-refractivity contribution in [1.29, 1.82) is 0 Å². The minimum absolute atomic E-state index is 0.532. The predicted octanol–water partition coefficient (Wildman–Crippen LogP) is 1.16. The van der Waals surface area contributed by atoms with Gasteiger partial charge in [-0.1, -0.05) is 0 Å². The van der Waals surface area contributed by atoms with Crippen LogP contribution in [0.15, 0.2) is 0 Å². The molecule has 2 fully saturated rings. The van der Waals surface area contributed by atoms with Crippen molar-refractivity contribution >= 4 is 0 Å². The molecule has 1 spiro atoms. The second kappa shape index (κ2) is 5.48. The van der Waals surface area contributed by atoms with E-state index < -0.39 is 0 Å². The molecule has 0 aromatic carbocycles. The third-order valence-corrected chi connectivity index (χ3v) is 4.22. The highest BCUT2D eigenvalue weighted by Crippen LogP contribution is 2.34. The van der Waals surface area contributed by atoms with Gasteiger partial charge in [0.25, 0.3) is 0 Å². The van der Waals surface area contributed by atoms with Crippen LogP contribution < -0.4 is 5.32 Å². The molecule has 16 heavy (non-hydrogen) atoms. The maximum Gasteiger partial charge on any atom is 0.0334 e. The van der Waals surface area contributed by atoms with Crippen LogP contribution >= 0.6 is 0 Å². The van der Waals surface area contributed by atoms with Crippen LogP contribution in [0.3, 0.4) is 0 Å². The second-order valence-electron chi connectivity index (χ2n) is 5.75. The Morgan fingerprint density at radius 3 is 2.75 bits per heavy atom. The van der Waals surface area contributed by atoms with Crippen LogP contribution in [0.5, 0.6) is 0 Å². The molecule has 94 valence electrons. The lowest BCUT2D eigenvalue weighted by atomic mass is 9.87. The van der Waals surface area contributed by atoms with E-state index in [0.29, 0.717) is 5.54 Å². The van der Waals surface area contributed by atoms with E-state index in [1.165, 1.54) is 64.8 Å². The highest BCUT2D eigenvalue weighted by molar-refractivity contribution is 4.99. The number of piperidine rings is 1. The van der Waals surface area contributed by atoms with Crippen LogP contribution in [0.1, 0.15) is 32.1 Å². The number of nitrogens with one attached hydrogen (secondary N) is 1. The Balaban J connectivity index is 1.82. The average Bonchev–Trinajstić information content (AvgIpc) is 2.62. The van der Waals surface area contributed by atoms with Crippen LogP contribution in [0.25, 0.3) is 0 Å². The SMILES string of the molecule is CN(C)CCCN1CCCC12CCCNC2. The molecule has 1 N–H and O–H groups in total. The Kier molecular flexibility index (Phi) is 4.22. The van der Waals surface area contributed by atoms with E-state index in [1.54, 1.807) is 0 Å². The summed E-state index contributed by atoms with van der Waals surface area (Å²) in [4.78, 5) is 5.06. The fourth-order valence-electron chi connectivity index (χ4n) is 3.36. The lowest BCUT2D eigenvalue weighted by Crippen LogP contribution is -2.54. The van der Waals surface area contributed by atoms with E-state index in [4.69, 9.17) is 0 Å². The molecule has 3 nitrogen and oxygen atoms in total. The lowest BCUT2D eigenvalue weighted by Gasteiger charge is -2.42. The van der Waals surface area contributed by atoms with Gasteiger partial charge in [-0.15, -0.1) is 0 Å². The summed E-state index contributed by atoms with van der Waals surface area (Å²) in [7, 11) is 4.34. The zero-order valence-electron chi connectivity index (χ0n) is 11.0. The first-order valence-electron chi connectivity index (χ1n) is 6.83. The number of likely N-dealkylation sites (tertiary alicyclic amines) is 1. The van der Waals surface area contributed by atoms with E-state index in [0.717, 1.165) is 0 Å². The molecule has 0 aromatic heterocycles. The molecule has 0 amide bonds. The van der Waals surface area contributed by atoms with Crippen molar-refractivity contribution in [3.8, 4) is 0 Å². The third-order valence-electron chi connectivity index (χ3n) is 4.22. The standard InChI is InChI=1S/C13H27N3/c1-15(2)9-5-11-16-10-4-7-13(16)6-3-8-14-12-13/h14H,3-12H2,1-2H3. The number of rotatable bonds is 4. The summed E-state index contributed by atoms with van der Waals surface area (Å²) in [6.07, 6.45) is 6.92. The van der Waals surface area contributed by atoms with Crippen LogP contribution in [0.2, 0.25) is 0 Å². The first-order chi connectivity index (χ1) is 7.73. The largest absolute Gasteiger partial charge is 0.315 e. The van der Waals surface area contributed by atoms with Crippen molar-refractivity contribution in [2.24, 2.45) is 0 Å². The molecule has 0 radical (unpaired) electrons. The van der Waals surface area contributed by atoms with Crippen molar-refractivity contribution in [2.45, 2.75) is 37.6 Å². The van der Waals surface area contributed by atoms with Gasteiger partial charge in [0.15, 0.2) is 0 Å². The summed E-state index contributed by atoms with van der Waals surface area (Å²) in [6.45, 7) is 6.30. The van der Waals surface area contributed by atoms with Gasteiger partial charge < -0.3 is 10.2 Å². The summed E-state index contributed by atoms with van der Waals surface area (Å²) in [6, 6.07) is 0. The Morgan fingerprint density at radius 1 is 1.25 bits per heavy atom. The first-order valence-corrected chi connectivity index (χ1v) is 6.83. The summed E-state index contributed by atoms with van der Waals surface area (Å²) in [5.41, 5.74) is 0.532. The maximum atomic E-state index is 3.59. The van der Waals surface area contributed by atoms with Gasteiger partial charge in [-0.05, 0) is 72.4 Å². The Morgan fingerprint density at radius 2 is 2.06 bits per heavy atom. The zero-order chi connectivity index (χ0) is 11.4. The Labute approximate surface area is 100 Å². The van der Waals surface area contributed by atoms with E-state index in [9.17, 15) is 0 Å². The number of hydrogen-bond donors (Lipinski definition) is 1. The molecule has 1 unspecified atom stereocenters. The summed E-state index contributed by atoms with van der Waals surface area (Å²) in [5, 5.41) is 3.59. The zero-order valence-corrected chi connectivity index (χ0v) is 11.0. The highest BCUT2D eigenvalue weighted by atomic mass is 15.2. The highest BCUT2D eigenvalue weighted by Gasteiger charge is 2.40. The molecule has 0 bridgehead atoms. The van der Waals surface area contributed by atoms with Crippen LogP contribution in [0, 0.1) is 0 Å². The second-order valence-corrected chi connectivity index (χ2v) is 5.75. The molecule has 2 rings (SSSR count). The van der Waals surface area contributed by atoms with E-state index in [2.05, 4.69) is 29.2 Å². The molecule has 2 saturated heterocycles. The molecular formula is C13H27N3. The fraction of sp³-hybridized carbons (Fsp3) is 1.00. The Hall–Kier alpha value is -0.120. The average molecular weight is 225 g/mol. The Bertz CT molecular complexity index is 209. The van der Waals surface area contributed by atoms with Crippen LogP contribution in [-0.2, 0) is 0 Å². The normalized spacial score (nSPS) is 31.7. The van der Waals surface area contributed by atoms with Gasteiger partial charge in [0.2, 0.25) is 0 Å². The lowest BCUT2D eigenvalue weighted by molar-refractivity contribution is 0.102. The van der Waals surface area contributed by atoms with Crippen molar-refractivity contribution < 1.29 is 0 Å².